The standard InChI is InChI=1S/C13H16ClN3/c1-3-10-5-4-6-11(7-10)15-9-13-16-8-12(14)17(13)2/h4-8,15H,3,9H2,1-2H3. The molecule has 2 rings (SSSR count). The third-order valence-electron chi connectivity index (χ3n) is 2.81. The van der Waals surface area contributed by atoms with Crippen molar-refractivity contribution < 1.29 is 0 Å². The molecule has 0 spiro atoms. The van der Waals surface area contributed by atoms with Crippen LogP contribution in [0.2, 0.25) is 5.15 Å². The van der Waals surface area contributed by atoms with E-state index < -0.39 is 0 Å². The van der Waals surface area contributed by atoms with Crippen molar-refractivity contribution in [3.63, 3.8) is 0 Å². The van der Waals surface area contributed by atoms with Gasteiger partial charge in [-0.3, -0.25) is 0 Å². The zero-order valence-corrected chi connectivity index (χ0v) is 10.8. The Morgan fingerprint density at radius 2 is 2.24 bits per heavy atom. The first kappa shape index (κ1) is 12.0. The second kappa shape index (κ2) is 5.23. The fraction of sp³-hybridized carbons (Fsp3) is 0.308. The van der Waals surface area contributed by atoms with Gasteiger partial charge in [-0.05, 0) is 24.1 Å². The molecule has 3 nitrogen and oxygen atoms in total. The summed E-state index contributed by atoms with van der Waals surface area (Å²) in [7, 11) is 1.91. The normalized spacial score (nSPS) is 10.5. The van der Waals surface area contributed by atoms with Crippen molar-refractivity contribution in [1.29, 1.82) is 0 Å². The maximum atomic E-state index is 5.93. The van der Waals surface area contributed by atoms with Gasteiger partial charge >= 0.3 is 0 Å². The monoisotopic (exact) mass is 249 g/mol. The average molecular weight is 250 g/mol. The van der Waals surface area contributed by atoms with Gasteiger partial charge in [-0.1, -0.05) is 30.7 Å². The lowest BCUT2D eigenvalue weighted by Gasteiger charge is -2.08. The number of aryl methyl sites for hydroxylation is 1. The number of halogens is 1. The lowest BCUT2D eigenvalue weighted by atomic mass is 10.1. The summed E-state index contributed by atoms with van der Waals surface area (Å²) in [5.41, 5.74) is 2.44. The van der Waals surface area contributed by atoms with Crippen LogP contribution in [-0.2, 0) is 20.0 Å². The Bertz CT molecular complexity index is 505. The molecule has 1 N–H and O–H groups in total. The topological polar surface area (TPSA) is 29.9 Å². The summed E-state index contributed by atoms with van der Waals surface area (Å²) in [6, 6.07) is 8.41. The molecular formula is C13H16ClN3. The van der Waals surface area contributed by atoms with Gasteiger partial charge in [0.25, 0.3) is 0 Å². The highest BCUT2D eigenvalue weighted by atomic mass is 35.5. The molecule has 0 bridgehead atoms. The minimum Gasteiger partial charge on any atom is -0.378 e. The maximum Gasteiger partial charge on any atom is 0.128 e. The Kier molecular flexibility index (Phi) is 3.69. The SMILES string of the molecule is CCc1cccc(NCc2ncc(Cl)n2C)c1. The zero-order valence-electron chi connectivity index (χ0n) is 10.1. The summed E-state index contributed by atoms with van der Waals surface area (Å²) in [5, 5.41) is 4.00. The number of hydrogen-bond acceptors (Lipinski definition) is 2. The summed E-state index contributed by atoms with van der Waals surface area (Å²) in [5.74, 6) is 0.928. The summed E-state index contributed by atoms with van der Waals surface area (Å²) in [6.45, 7) is 2.83. The molecule has 0 aliphatic carbocycles. The Morgan fingerprint density at radius 3 is 2.88 bits per heavy atom. The fourth-order valence-electron chi connectivity index (χ4n) is 1.67. The molecular weight excluding hydrogens is 234 g/mol. The van der Waals surface area contributed by atoms with Gasteiger partial charge in [0.1, 0.15) is 11.0 Å². The van der Waals surface area contributed by atoms with Gasteiger partial charge in [0, 0.05) is 12.7 Å². The van der Waals surface area contributed by atoms with Crippen LogP contribution in [0.25, 0.3) is 0 Å². The van der Waals surface area contributed by atoms with Gasteiger partial charge < -0.3 is 9.88 Å². The van der Waals surface area contributed by atoms with E-state index in [1.807, 2.05) is 11.6 Å². The summed E-state index contributed by atoms with van der Waals surface area (Å²) >= 11 is 5.93. The molecule has 1 aromatic carbocycles. The predicted molar refractivity (Wildman–Crippen MR) is 71.4 cm³/mol. The van der Waals surface area contributed by atoms with Crippen molar-refractivity contribution in [2.24, 2.45) is 7.05 Å². The molecule has 1 heterocycles. The van der Waals surface area contributed by atoms with Gasteiger partial charge in [0.05, 0.1) is 12.7 Å². The molecule has 17 heavy (non-hydrogen) atoms. The minimum absolute atomic E-state index is 0.657. The quantitative estimate of drug-likeness (QED) is 0.902. The molecule has 0 aliphatic rings. The van der Waals surface area contributed by atoms with E-state index in [-0.39, 0.29) is 0 Å². The summed E-state index contributed by atoms with van der Waals surface area (Å²) in [6.07, 6.45) is 2.71. The molecule has 1 aromatic heterocycles. The predicted octanol–water partition coefficient (Wildman–Crippen LogP) is 3.25. The van der Waals surface area contributed by atoms with E-state index in [2.05, 4.69) is 41.5 Å². The molecule has 4 heteroatoms. The van der Waals surface area contributed by atoms with Crippen molar-refractivity contribution in [3.05, 3.63) is 47.0 Å². The van der Waals surface area contributed by atoms with Gasteiger partial charge in [0.2, 0.25) is 0 Å². The molecule has 0 atom stereocenters. The first-order chi connectivity index (χ1) is 8.20. The van der Waals surface area contributed by atoms with Crippen molar-refractivity contribution in [1.82, 2.24) is 9.55 Å². The number of nitrogens with zero attached hydrogens (tertiary/aromatic N) is 2. The maximum absolute atomic E-state index is 5.93. The van der Waals surface area contributed by atoms with E-state index in [1.165, 1.54) is 5.56 Å². The second-order valence-corrected chi connectivity index (χ2v) is 4.35. The van der Waals surface area contributed by atoms with Gasteiger partial charge in [-0.2, -0.15) is 0 Å². The largest absolute Gasteiger partial charge is 0.378 e. The van der Waals surface area contributed by atoms with E-state index >= 15 is 0 Å². The fourth-order valence-corrected chi connectivity index (χ4v) is 1.82. The first-order valence-electron chi connectivity index (χ1n) is 5.69. The molecule has 0 saturated heterocycles. The summed E-state index contributed by atoms with van der Waals surface area (Å²) in [4.78, 5) is 4.24. The number of anilines is 1. The first-order valence-corrected chi connectivity index (χ1v) is 6.07. The Balaban J connectivity index is 2.04. The van der Waals surface area contributed by atoms with Crippen LogP contribution in [-0.4, -0.2) is 9.55 Å². The lowest BCUT2D eigenvalue weighted by molar-refractivity contribution is 0.813. The van der Waals surface area contributed by atoms with Crippen LogP contribution < -0.4 is 5.32 Å². The van der Waals surface area contributed by atoms with Crippen molar-refractivity contribution in [3.8, 4) is 0 Å². The Labute approximate surface area is 106 Å². The third-order valence-corrected chi connectivity index (χ3v) is 3.16. The van der Waals surface area contributed by atoms with Crippen molar-refractivity contribution in [2.45, 2.75) is 19.9 Å². The second-order valence-electron chi connectivity index (χ2n) is 3.96. The van der Waals surface area contributed by atoms with Crippen molar-refractivity contribution in [2.75, 3.05) is 5.32 Å². The zero-order chi connectivity index (χ0) is 12.3. The third kappa shape index (κ3) is 2.80. The van der Waals surface area contributed by atoms with Crippen LogP contribution in [0.4, 0.5) is 5.69 Å². The van der Waals surface area contributed by atoms with Crippen molar-refractivity contribution >= 4 is 17.3 Å². The minimum atomic E-state index is 0.657. The highest BCUT2D eigenvalue weighted by Crippen LogP contribution is 2.14. The molecule has 0 aliphatic heterocycles. The Hall–Kier alpha value is -1.48. The van der Waals surface area contributed by atoms with Crippen LogP contribution in [0.5, 0.6) is 0 Å². The van der Waals surface area contributed by atoms with Crippen LogP contribution >= 0.6 is 11.6 Å². The number of rotatable bonds is 4. The number of hydrogen-bond donors (Lipinski definition) is 1. The lowest BCUT2D eigenvalue weighted by Crippen LogP contribution is -2.06. The van der Waals surface area contributed by atoms with Gasteiger partial charge in [-0.25, -0.2) is 4.98 Å². The van der Waals surface area contributed by atoms with E-state index in [0.717, 1.165) is 17.9 Å². The molecule has 90 valence electrons. The smallest absolute Gasteiger partial charge is 0.128 e. The number of imidazole rings is 1. The molecule has 0 amide bonds. The highest BCUT2D eigenvalue weighted by molar-refractivity contribution is 6.29. The average Bonchev–Trinajstić information content (AvgIpc) is 2.68. The van der Waals surface area contributed by atoms with Crippen LogP contribution in [0.3, 0.4) is 0 Å². The molecule has 0 unspecified atom stereocenters. The van der Waals surface area contributed by atoms with Crippen LogP contribution in [0.1, 0.15) is 18.3 Å². The molecule has 0 saturated carbocycles. The molecule has 0 fully saturated rings. The summed E-state index contributed by atoms with van der Waals surface area (Å²) < 4.78 is 1.87. The number of nitrogens with one attached hydrogen (secondary N) is 1. The van der Waals surface area contributed by atoms with E-state index in [0.29, 0.717) is 11.7 Å². The van der Waals surface area contributed by atoms with E-state index in [4.69, 9.17) is 11.6 Å². The Morgan fingerprint density at radius 1 is 1.41 bits per heavy atom. The van der Waals surface area contributed by atoms with Crippen LogP contribution in [0.15, 0.2) is 30.5 Å². The van der Waals surface area contributed by atoms with Crippen LogP contribution in [0, 0.1) is 0 Å². The number of aromatic nitrogens is 2. The van der Waals surface area contributed by atoms with Gasteiger partial charge in [0.15, 0.2) is 0 Å². The number of benzene rings is 1. The van der Waals surface area contributed by atoms with E-state index in [1.54, 1.807) is 6.20 Å². The molecule has 2 aromatic rings. The highest BCUT2D eigenvalue weighted by Gasteiger charge is 2.03. The van der Waals surface area contributed by atoms with E-state index in [9.17, 15) is 0 Å². The molecule has 0 radical (unpaired) electrons. The van der Waals surface area contributed by atoms with Gasteiger partial charge in [-0.15, -0.1) is 0 Å².